The molecule has 0 aliphatic rings. The summed E-state index contributed by atoms with van der Waals surface area (Å²) in [5.41, 5.74) is 1.85. The first-order valence-corrected chi connectivity index (χ1v) is 6.30. The highest BCUT2D eigenvalue weighted by Crippen LogP contribution is 2.28. The number of rotatable bonds is 2. The maximum absolute atomic E-state index is 11.1. The van der Waals surface area contributed by atoms with Gasteiger partial charge in [0.2, 0.25) is 0 Å². The van der Waals surface area contributed by atoms with Crippen molar-refractivity contribution in [1.82, 2.24) is 14.8 Å². The number of para-hydroxylation sites is 1. The summed E-state index contributed by atoms with van der Waals surface area (Å²) in [6, 6.07) is 10.7. The summed E-state index contributed by atoms with van der Waals surface area (Å²) in [7, 11) is 0. The standard InChI is InChI=1S/C14H10ClN3O2/c1-8-12-10(15)7-11(14(19)20)16-13(12)18(17-8)9-5-3-2-4-6-9/h2-7H,1H3,(H,19,20). The van der Waals surface area contributed by atoms with Crippen LogP contribution in [-0.2, 0) is 0 Å². The number of carboxylic acids is 1. The minimum atomic E-state index is -1.12. The fourth-order valence-electron chi connectivity index (χ4n) is 2.10. The number of fused-ring (bicyclic) bond motifs is 1. The Hall–Kier alpha value is -2.40. The number of carboxylic acid groups (broad SMARTS) is 1. The van der Waals surface area contributed by atoms with Gasteiger partial charge in [0, 0.05) is 0 Å². The van der Waals surface area contributed by atoms with Crippen molar-refractivity contribution < 1.29 is 9.90 Å². The van der Waals surface area contributed by atoms with Crippen LogP contribution >= 0.6 is 11.6 Å². The van der Waals surface area contributed by atoms with Gasteiger partial charge >= 0.3 is 5.97 Å². The molecule has 20 heavy (non-hydrogen) atoms. The van der Waals surface area contributed by atoms with Crippen LogP contribution in [0.2, 0.25) is 5.02 Å². The number of halogens is 1. The van der Waals surface area contributed by atoms with Gasteiger partial charge in [0.05, 0.1) is 21.8 Å². The van der Waals surface area contributed by atoms with E-state index in [4.69, 9.17) is 16.7 Å². The van der Waals surface area contributed by atoms with Gasteiger partial charge in [-0.3, -0.25) is 0 Å². The molecule has 0 spiro atoms. The third-order valence-corrected chi connectivity index (χ3v) is 3.28. The molecule has 3 aromatic rings. The van der Waals surface area contributed by atoms with Crippen LogP contribution in [0.3, 0.4) is 0 Å². The number of nitrogens with zero attached hydrogens (tertiary/aromatic N) is 3. The lowest BCUT2D eigenvalue weighted by Gasteiger charge is -2.03. The number of pyridine rings is 1. The van der Waals surface area contributed by atoms with Crippen LogP contribution in [0.1, 0.15) is 16.2 Å². The Labute approximate surface area is 119 Å². The summed E-state index contributed by atoms with van der Waals surface area (Å²) in [6.07, 6.45) is 0. The first kappa shape index (κ1) is 12.6. The van der Waals surface area contributed by atoms with E-state index in [9.17, 15) is 4.79 Å². The molecule has 0 aliphatic carbocycles. The van der Waals surface area contributed by atoms with Gasteiger partial charge in [0.1, 0.15) is 0 Å². The summed E-state index contributed by atoms with van der Waals surface area (Å²) in [6.45, 7) is 1.82. The smallest absolute Gasteiger partial charge is 0.354 e. The van der Waals surface area contributed by atoms with Gasteiger partial charge in [-0.05, 0) is 25.1 Å². The monoisotopic (exact) mass is 287 g/mol. The van der Waals surface area contributed by atoms with Gasteiger partial charge in [-0.2, -0.15) is 5.10 Å². The topological polar surface area (TPSA) is 68.0 Å². The largest absolute Gasteiger partial charge is 0.477 e. The molecule has 0 atom stereocenters. The number of hydrogen-bond donors (Lipinski definition) is 1. The van der Waals surface area contributed by atoms with Crippen LogP contribution in [0.25, 0.3) is 16.7 Å². The summed E-state index contributed by atoms with van der Waals surface area (Å²) in [5, 5.41) is 14.5. The Morgan fingerprint density at radius 3 is 2.65 bits per heavy atom. The Morgan fingerprint density at radius 2 is 2.00 bits per heavy atom. The molecule has 0 aliphatic heterocycles. The van der Waals surface area contributed by atoms with Crippen molar-refractivity contribution in [2.24, 2.45) is 0 Å². The fraction of sp³-hybridized carbons (Fsp3) is 0.0714. The molecular formula is C14H10ClN3O2. The van der Waals surface area contributed by atoms with Gasteiger partial charge in [-0.25, -0.2) is 14.5 Å². The molecule has 3 rings (SSSR count). The van der Waals surface area contributed by atoms with Gasteiger partial charge in [-0.1, -0.05) is 29.8 Å². The van der Waals surface area contributed by atoms with E-state index >= 15 is 0 Å². The third kappa shape index (κ3) is 1.92. The molecule has 0 saturated carbocycles. The van der Waals surface area contributed by atoms with E-state index in [2.05, 4.69) is 10.1 Å². The molecule has 0 amide bonds. The predicted molar refractivity (Wildman–Crippen MR) is 75.6 cm³/mol. The molecule has 0 bridgehead atoms. The molecule has 6 heteroatoms. The van der Waals surface area contributed by atoms with E-state index in [0.717, 1.165) is 5.69 Å². The zero-order chi connectivity index (χ0) is 14.3. The number of hydrogen-bond acceptors (Lipinski definition) is 3. The number of carbonyl (C=O) groups is 1. The molecule has 1 aromatic carbocycles. The number of aromatic nitrogens is 3. The van der Waals surface area contributed by atoms with Gasteiger partial charge in [0.25, 0.3) is 0 Å². The van der Waals surface area contributed by atoms with E-state index in [1.807, 2.05) is 37.3 Å². The highest BCUT2D eigenvalue weighted by atomic mass is 35.5. The lowest BCUT2D eigenvalue weighted by atomic mass is 10.2. The first-order valence-electron chi connectivity index (χ1n) is 5.92. The molecule has 0 saturated heterocycles. The van der Waals surface area contributed by atoms with Crippen LogP contribution in [0.15, 0.2) is 36.4 Å². The Balaban J connectivity index is 2.37. The van der Waals surface area contributed by atoms with Crippen LogP contribution in [0.5, 0.6) is 0 Å². The van der Waals surface area contributed by atoms with Gasteiger partial charge < -0.3 is 5.11 Å². The van der Waals surface area contributed by atoms with E-state index in [1.165, 1.54) is 6.07 Å². The summed E-state index contributed by atoms with van der Waals surface area (Å²) in [4.78, 5) is 15.2. The summed E-state index contributed by atoms with van der Waals surface area (Å²) < 4.78 is 1.60. The molecule has 5 nitrogen and oxygen atoms in total. The molecule has 2 heterocycles. The minimum Gasteiger partial charge on any atom is -0.477 e. The summed E-state index contributed by atoms with van der Waals surface area (Å²) in [5.74, 6) is -1.12. The average molecular weight is 288 g/mol. The second-order valence-electron chi connectivity index (χ2n) is 4.33. The van der Waals surface area contributed by atoms with E-state index in [1.54, 1.807) is 4.68 Å². The highest BCUT2D eigenvalue weighted by Gasteiger charge is 2.17. The van der Waals surface area contributed by atoms with Crippen molar-refractivity contribution in [3.05, 3.63) is 52.8 Å². The van der Waals surface area contributed by atoms with Crippen LogP contribution < -0.4 is 0 Å². The zero-order valence-electron chi connectivity index (χ0n) is 10.5. The molecule has 100 valence electrons. The first-order chi connectivity index (χ1) is 9.58. The maximum atomic E-state index is 11.1. The van der Waals surface area contributed by atoms with Crippen molar-refractivity contribution in [1.29, 1.82) is 0 Å². The summed E-state index contributed by atoms with van der Waals surface area (Å²) >= 11 is 6.16. The maximum Gasteiger partial charge on any atom is 0.354 e. The number of benzene rings is 1. The zero-order valence-corrected chi connectivity index (χ0v) is 11.3. The lowest BCUT2D eigenvalue weighted by molar-refractivity contribution is 0.0691. The average Bonchev–Trinajstić information content (AvgIpc) is 2.77. The normalized spacial score (nSPS) is 10.9. The Kier molecular flexibility index (Phi) is 2.91. The number of aromatic carboxylic acids is 1. The van der Waals surface area contributed by atoms with Crippen molar-refractivity contribution in [3.8, 4) is 5.69 Å². The second-order valence-corrected chi connectivity index (χ2v) is 4.73. The highest BCUT2D eigenvalue weighted by molar-refractivity contribution is 6.35. The van der Waals surface area contributed by atoms with Crippen LogP contribution in [-0.4, -0.2) is 25.8 Å². The van der Waals surface area contributed by atoms with Crippen molar-refractivity contribution in [3.63, 3.8) is 0 Å². The SMILES string of the molecule is Cc1nn(-c2ccccc2)c2nc(C(=O)O)cc(Cl)c12. The van der Waals surface area contributed by atoms with Gasteiger partial charge in [0.15, 0.2) is 11.3 Å². The molecule has 0 fully saturated rings. The molecule has 0 radical (unpaired) electrons. The van der Waals surface area contributed by atoms with Crippen molar-refractivity contribution in [2.45, 2.75) is 6.92 Å². The van der Waals surface area contributed by atoms with Crippen molar-refractivity contribution in [2.75, 3.05) is 0 Å². The van der Waals surface area contributed by atoms with Crippen LogP contribution in [0, 0.1) is 6.92 Å². The van der Waals surface area contributed by atoms with E-state index < -0.39 is 5.97 Å². The van der Waals surface area contributed by atoms with Gasteiger partial charge in [-0.15, -0.1) is 0 Å². The Bertz CT molecular complexity index is 812. The van der Waals surface area contributed by atoms with Crippen LogP contribution in [0.4, 0.5) is 0 Å². The fourth-order valence-corrected chi connectivity index (χ4v) is 2.42. The van der Waals surface area contributed by atoms with E-state index in [-0.39, 0.29) is 5.69 Å². The van der Waals surface area contributed by atoms with E-state index in [0.29, 0.717) is 21.7 Å². The Morgan fingerprint density at radius 1 is 1.30 bits per heavy atom. The molecule has 1 N–H and O–H groups in total. The molecule has 0 unspecified atom stereocenters. The lowest BCUT2D eigenvalue weighted by Crippen LogP contribution is -2.03. The quantitative estimate of drug-likeness (QED) is 0.786. The molecule has 2 aromatic heterocycles. The van der Waals surface area contributed by atoms with Crippen molar-refractivity contribution >= 4 is 28.6 Å². The third-order valence-electron chi connectivity index (χ3n) is 2.98. The second kappa shape index (κ2) is 4.61. The minimum absolute atomic E-state index is 0.0976. The number of aryl methyl sites for hydroxylation is 1. The molecular weight excluding hydrogens is 278 g/mol. The predicted octanol–water partition coefficient (Wildman–Crippen LogP) is 3.08.